The van der Waals surface area contributed by atoms with Gasteiger partial charge >= 0.3 is 5.97 Å². The van der Waals surface area contributed by atoms with Crippen molar-refractivity contribution >= 4 is 5.97 Å². The molecule has 2 fully saturated rings. The second kappa shape index (κ2) is 6.20. The summed E-state index contributed by atoms with van der Waals surface area (Å²) in [5.41, 5.74) is 1.60. The quantitative estimate of drug-likeness (QED) is 0.791. The molecule has 0 aliphatic carbocycles. The van der Waals surface area contributed by atoms with Crippen LogP contribution >= 0.6 is 0 Å². The van der Waals surface area contributed by atoms with E-state index in [1.165, 1.54) is 0 Å². The maximum Gasteiger partial charge on any atom is 0.338 e. The van der Waals surface area contributed by atoms with Crippen molar-refractivity contribution in [3.8, 4) is 0 Å². The second-order valence-electron chi connectivity index (χ2n) is 6.31. The zero-order valence-electron chi connectivity index (χ0n) is 13.8. The van der Waals surface area contributed by atoms with Gasteiger partial charge in [-0.1, -0.05) is 17.7 Å². The number of ether oxygens (including phenoxy) is 5. The molecular formula is C17H22O6. The van der Waals surface area contributed by atoms with E-state index in [0.717, 1.165) is 5.56 Å². The van der Waals surface area contributed by atoms with Gasteiger partial charge in [-0.15, -0.1) is 0 Å². The summed E-state index contributed by atoms with van der Waals surface area (Å²) in [6.07, 6.45) is -1.58. The molecule has 0 radical (unpaired) electrons. The fourth-order valence-corrected chi connectivity index (χ4v) is 2.90. The Morgan fingerprint density at radius 2 is 1.83 bits per heavy atom. The molecule has 0 spiro atoms. The highest BCUT2D eigenvalue weighted by Crippen LogP contribution is 2.38. The summed E-state index contributed by atoms with van der Waals surface area (Å²) in [5.74, 6) is -1.08. The SMILES string of the molecule is COC1O[C@H](COC(=O)c2ccc(C)cc2)[C@H]2OC(C)(C)O[C@@H]12. The number of esters is 1. The van der Waals surface area contributed by atoms with Gasteiger partial charge in [0.05, 0.1) is 5.56 Å². The van der Waals surface area contributed by atoms with Crippen molar-refractivity contribution in [3.63, 3.8) is 0 Å². The third-order valence-electron chi connectivity index (χ3n) is 4.01. The Labute approximate surface area is 135 Å². The number of hydrogen-bond donors (Lipinski definition) is 0. The van der Waals surface area contributed by atoms with E-state index < -0.39 is 18.2 Å². The summed E-state index contributed by atoms with van der Waals surface area (Å²) < 4.78 is 28.0. The topological polar surface area (TPSA) is 63.2 Å². The van der Waals surface area contributed by atoms with E-state index in [0.29, 0.717) is 5.56 Å². The molecule has 126 valence electrons. The van der Waals surface area contributed by atoms with Gasteiger partial charge in [0.1, 0.15) is 24.9 Å². The molecule has 6 nitrogen and oxygen atoms in total. The Morgan fingerprint density at radius 3 is 2.48 bits per heavy atom. The summed E-state index contributed by atoms with van der Waals surface area (Å²) in [6.45, 7) is 5.74. The molecule has 2 heterocycles. The first-order valence-electron chi connectivity index (χ1n) is 7.67. The van der Waals surface area contributed by atoms with Crippen LogP contribution in [0.15, 0.2) is 24.3 Å². The van der Waals surface area contributed by atoms with Crippen molar-refractivity contribution in [2.45, 2.75) is 51.2 Å². The van der Waals surface area contributed by atoms with Crippen molar-refractivity contribution in [3.05, 3.63) is 35.4 Å². The molecule has 1 aromatic rings. The molecule has 0 amide bonds. The average Bonchev–Trinajstić information content (AvgIpc) is 2.98. The molecule has 6 heteroatoms. The number of benzene rings is 1. The van der Waals surface area contributed by atoms with Gasteiger partial charge in [0, 0.05) is 7.11 Å². The number of carbonyl (C=O) groups excluding carboxylic acids is 1. The van der Waals surface area contributed by atoms with Gasteiger partial charge in [0.25, 0.3) is 0 Å². The van der Waals surface area contributed by atoms with Crippen LogP contribution in [0.2, 0.25) is 0 Å². The highest BCUT2D eigenvalue weighted by atomic mass is 16.8. The van der Waals surface area contributed by atoms with Crippen LogP contribution in [0.25, 0.3) is 0 Å². The van der Waals surface area contributed by atoms with E-state index in [9.17, 15) is 4.79 Å². The fourth-order valence-electron chi connectivity index (χ4n) is 2.90. The Morgan fingerprint density at radius 1 is 1.17 bits per heavy atom. The molecule has 3 rings (SSSR count). The number of aryl methyl sites for hydroxylation is 1. The smallest absolute Gasteiger partial charge is 0.338 e. The van der Waals surface area contributed by atoms with Crippen LogP contribution in [-0.4, -0.2) is 50.1 Å². The highest BCUT2D eigenvalue weighted by Gasteiger charge is 2.55. The van der Waals surface area contributed by atoms with E-state index >= 15 is 0 Å². The lowest BCUT2D eigenvalue weighted by molar-refractivity contribution is -0.230. The van der Waals surface area contributed by atoms with Crippen molar-refractivity contribution in [2.75, 3.05) is 13.7 Å². The third kappa shape index (κ3) is 3.40. The van der Waals surface area contributed by atoms with Crippen molar-refractivity contribution < 1.29 is 28.5 Å². The van der Waals surface area contributed by atoms with Crippen LogP contribution in [0.4, 0.5) is 0 Å². The highest BCUT2D eigenvalue weighted by molar-refractivity contribution is 5.89. The zero-order chi connectivity index (χ0) is 16.6. The van der Waals surface area contributed by atoms with Crippen LogP contribution in [0.1, 0.15) is 29.8 Å². The lowest BCUT2D eigenvalue weighted by Gasteiger charge is -2.23. The van der Waals surface area contributed by atoms with Crippen LogP contribution < -0.4 is 0 Å². The fraction of sp³-hybridized carbons (Fsp3) is 0.588. The lowest BCUT2D eigenvalue weighted by atomic mass is 10.1. The van der Waals surface area contributed by atoms with E-state index in [2.05, 4.69) is 0 Å². The molecule has 1 aromatic carbocycles. The summed E-state index contributed by atoms with van der Waals surface area (Å²) in [7, 11) is 1.55. The minimum atomic E-state index is -0.699. The zero-order valence-corrected chi connectivity index (χ0v) is 13.8. The Balaban J connectivity index is 1.61. The number of rotatable bonds is 4. The predicted molar refractivity (Wildman–Crippen MR) is 81.0 cm³/mol. The monoisotopic (exact) mass is 322 g/mol. The maximum atomic E-state index is 12.1. The van der Waals surface area contributed by atoms with E-state index in [1.807, 2.05) is 32.9 Å². The van der Waals surface area contributed by atoms with E-state index in [-0.39, 0.29) is 24.8 Å². The Hall–Kier alpha value is -1.47. The summed E-state index contributed by atoms with van der Waals surface area (Å²) in [4.78, 5) is 12.1. The van der Waals surface area contributed by atoms with Gasteiger partial charge in [0.2, 0.25) is 0 Å². The molecule has 4 atom stereocenters. The molecule has 0 aromatic heterocycles. The maximum absolute atomic E-state index is 12.1. The van der Waals surface area contributed by atoms with Crippen LogP contribution in [0.3, 0.4) is 0 Å². The van der Waals surface area contributed by atoms with Gasteiger partial charge in [-0.2, -0.15) is 0 Å². The van der Waals surface area contributed by atoms with Gasteiger partial charge < -0.3 is 23.7 Å². The number of fused-ring (bicyclic) bond motifs is 1. The Kier molecular flexibility index (Phi) is 4.42. The van der Waals surface area contributed by atoms with Crippen molar-refractivity contribution in [1.82, 2.24) is 0 Å². The molecule has 0 bridgehead atoms. The summed E-state index contributed by atoms with van der Waals surface area (Å²) >= 11 is 0. The standard InChI is InChI=1S/C17H22O6/c1-10-5-7-11(8-6-10)15(18)20-9-12-13-14(16(19-4)21-12)23-17(2,3)22-13/h5-8,12-14,16H,9H2,1-4H3/t12-,13-,14-,16?/m1/s1. The molecule has 1 unspecified atom stereocenters. The number of carbonyl (C=O) groups is 1. The molecule has 2 aliphatic rings. The van der Waals surface area contributed by atoms with Crippen LogP contribution in [-0.2, 0) is 23.7 Å². The first-order valence-corrected chi connectivity index (χ1v) is 7.67. The molecular weight excluding hydrogens is 300 g/mol. The molecule has 0 N–H and O–H groups in total. The number of hydrogen-bond acceptors (Lipinski definition) is 6. The molecule has 0 saturated carbocycles. The molecule has 2 aliphatic heterocycles. The molecule has 23 heavy (non-hydrogen) atoms. The van der Waals surface area contributed by atoms with Crippen molar-refractivity contribution in [1.29, 1.82) is 0 Å². The van der Waals surface area contributed by atoms with E-state index in [4.69, 9.17) is 23.7 Å². The van der Waals surface area contributed by atoms with Gasteiger partial charge in [-0.05, 0) is 32.9 Å². The van der Waals surface area contributed by atoms with Gasteiger partial charge in [-0.25, -0.2) is 4.79 Å². The Bertz CT molecular complexity index is 567. The average molecular weight is 322 g/mol. The number of methoxy groups -OCH3 is 1. The first-order chi connectivity index (χ1) is 10.9. The minimum Gasteiger partial charge on any atom is -0.459 e. The summed E-state index contributed by atoms with van der Waals surface area (Å²) in [6, 6.07) is 7.23. The normalized spacial score (nSPS) is 31.8. The second-order valence-corrected chi connectivity index (χ2v) is 6.31. The largest absolute Gasteiger partial charge is 0.459 e. The lowest BCUT2D eigenvalue weighted by Crippen LogP contribution is -2.33. The minimum absolute atomic E-state index is 0.0905. The van der Waals surface area contributed by atoms with Crippen molar-refractivity contribution in [2.24, 2.45) is 0 Å². The van der Waals surface area contributed by atoms with Gasteiger partial charge in [0.15, 0.2) is 12.1 Å². The first kappa shape index (κ1) is 16.4. The van der Waals surface area contributed by atoms with E-state index in [1.54, 1.807) is 19.2 Å². The van der Waals surface area contributed by atoms with Crippen LogP contribution in [0, 0.1) is 6.92 Å². The predicted octanol–water partition coefficient (Wildman–Crippen LogP) is 2.04. The molecule has 2 saturated heterocycles. The summed E-state index contributed by atoms with van der Waals surface area (Å²) in [5, 5.41) is 0. The third-order valence-corrected chi connectivity index (χ3v) is 4.01. The van der Waals surface area contributed by atoms with Crippen LogP contribution in [0.5, 0.6) is 0 Å². The van der Waals surface area contributed by atoms with Gasteiger partial charge in [-0.3, -0.25) is 0 Å².